The molecule has 6 nitrogen and oxygen atoms in total. The molecule has 0 bridgehead atoms. The van der Waals surface area contributed by atoms with E-state index in [-0.39, 0.29) is 11.5 Å². The third-order valence-corrected chi connectivity index (χ3v) is 4.42. The van der Waals surface area contributed by atoms with Gasteiger partial charge in [0.1, 0.15) is 18.2 Å². The second-order valence-corrected chi connectivity index (χ2v) is 6.30. The summed E-state index contributed by atoms with van der Waals surface area (Å²) in [4.78, 5) is 26.5. The summed E-state index contributed by atoms with van der Waals surface area (Å²) < 4.78 is 10.9. The SMILES string of the molecule is C=CCOc1ccc(/C=C2/C(=O)N(CCCC)C(=O)C(C#N)=C2C)cc1OC. The summed E-state index contributed by atoms with van der Waals surface area (Å²) in [6, 6.07) is 7.21. The highest BCUT2D eigenvalue weighted by Crippen LogP contribution is 2.31. The van der Waals surface area contributed by atoms with Crippen LogP contribution < -0.4 is 9.47 Å². The lowest BCUT2D eigenvalue weighted by molar-refractivity contribution is -0.140. The Kier molecular flexibility index (Phi) is 7.16. The maximum atomic E-state index is 12.9. The summed E-state index contributed by atoms with van der Waals surface area (Å²) in [6.45, 7) is 7.85. The number of hydrogen-bond donors (Lipinski definition) is 0. The van der Waals surface area contributed by atoms with Gasteiger partial charge in [0.25, 0.3) is 11.8 Å². The molecule has 146 valence electrons. The summed E-state index contributed by atoms with van der Waals surface area (Å²) in [5.74, 6) is 0.159. The van der Waals surface area contributed by atoms with Crippen LogP contribution in [0.4, 0.5) is 0 Å². The Balaban J connectivity index is 2.48. The van der Waals surface area contributed by atoms with Gasteiger partial charge in [0.2, 0.25) is 0 Å². The molecule has 2 amide bonds. The molecule has 0 saturated heterocycles. The number of carbonyl (C=O) groups excluding carboxylic acids is 2. The molecular formula is C22H24N2O4. The first-order valence-corrected chi connectivity index (χ1v) is 9.09. The fraction of sp³-hybridized carbons (Fsp3) is 0.318. The molecule has 0 aliphatic carbocycles. The zero-order valence-corrected chi connectivity index (χ0v) is 16.4. The van der Waals surface area contributed by atoms with Gasteiger partial charge in [0, 0.05) is 12.1 Å². The molecule has 1 aliphatic heterocycles. The average Bonchev–Trinajstić information content (AvgIpc) is 2.70. The number of imide groups is 1. The van der Waals surface area contributed by atoms with E-state index < -0.39 is 5.91 Å². The van der Waals surface area contributed by atoms with Crippen LogP contribution in [0.3, 0.4) is 0 Å². The van der Waals surface area contributed by atoms with Crippen molar-refractivity contribution in [3.05, 3.63) is 53.1 Å². The first-order chi connectivity index (χ1) is 13.5. The molecule has 1 aromatic rings. The Labute approximate surface area is 165 Å². The second kappa shape index (κ2) is 9.56. The first kappa shape index (κ1) is 21.0. The minimum Gasteiger partial charge on any atom is -0.493 e. The van der Waals surface area contributed by atoms with Crippen LogP contribution in [0.2, 0.25) is 0 Å². The van der Waals surface area contributed by atoms with Crippen LogP contribution >= 0.6 is 0 Å². The Hall–Kier alpha value is -3.33. The Bertz CT molecular complexity index is 890. The van der Waals surface area contributed by atoms with Gasteiger partial charge in [-0.15, -0.1) is 0 Å². The van der Waals surface area contributed by atoms with Gasteiger partial charge in [-0.2, -0.15) is 5.26 Å². The Morgan fingerprint density at radius 3 is 2.61 bits per heavy atom. The highest BCUT2D eigenvalue weighted by molar-refractivity contribution is 6.19. The molecule has 2 rings (SSSR count). The van der Waals surface area contributed by atoms with Gasteiger partial charge in [-0.25, -0.2) is 0 Å². The predicted molar refractivity (Wildman–Crippen MR) is 107 cm³/mol. The molecule has 28 heavy (non-hydrogen) atoms. The number of nitrogens with zero attached hydrogens (tertiary/aromatic N) is 2. The smallest absolute Gasteiger partial charge is 0.271 e. The number of benzene rings is 1. The maximum absolute atomic E-state index is 12.9. The molecule has 0 N–H and O–H groups in total. The van der Waals surface area contributed by atoms with Gasteiger partial charge in [-0.05, 0) is 42.7 Å². The van der Waals surface area contributed by atoms with Crippen molar-refractivity contribution in [3.8, 4) is 17.6 Å². The summed E-state index contributed by atoms with van der Waals surface area (Å²) in [7, 11) is 1.53. The monoisotopic (exact) mass is 380 g/mol. The fourth-order valence-electron chi connectivity index (χ4n) is 2.86. The molecule has 0 unspecified atom stereocenters. The topological polar surface area (TPSA) is 79.6 Å². The fourth-order valence-corrected chi connectivity index (χ4v) is 2.86. The summed E-state index contributed by atoms with van der Waals surface area (Å²) in [5, 5.41) is 9.41. The van der Waals surface area contributed by atoms with Crippen molar-refractivity contribution in [1.29, 1.82) is 5.26 Å². The quantitative estimate of drug-likeness (QED) is 0.391. The van der Waals surface area contributed by atoms with Crippen molar-refractivity contribution in [2.75, 3.05) is 20.3 Å². The summed E-state index contributed by atoms with van der Waals surface area (Å²) in [6.07, 6.45) is 4.82. The van der Waals surface area contributed by atoms with Crippen LogP contribution in [0.5, 0.6) is 11.5 Å². The number of unbranched alkanes of at least 4 members (excludes halogenated alkanes) is 1. The minimum absolute atomic E-state index is 0.000135. The van der Waals surface area contributed by atoms with E-state index >= 15 is 0 Å². The van der Waals surface area contributed by atoms with E-state index in [9.17, 15) is 14.9 Å². The molecule has 1 aliphatic rings. The van der Waals surface area contributed by atoms with Crippen molar-refractivity contribution in [1.82, 2.24) is 4.90 Å². The highest BCUT2D eigenvalue weighted by Gasteiger charge is 2.34. The molecule has 6 heteroatoms. The van der Waals surface area contributed by atoms with E-state index in [4.69, 9.17) is 9.47 Å². The van der Waals surface area contributed by atoms with Crippen molar-refractivity contribution < 1.29 is 19.1 Å². The number of carbonyl (C=O) groups is 2. The largest absolute Gasteiger partial charge is 0.493 e. The Morgan fingerprint density at radius 1 is 1.25 bits per heavy atom. The van der Waals surface area contributed by atoms with Crippen molar-refractivity contribution in [2.24, 2.45) is 0 Å². The lowest BCUT2D eigenvalue weighted by atomic mass is 9.93. The van der Waals surface area contributed by atoms with Crippen molar-refractivity contribution in [3.63, 3.8) is 0 Å². The lowest BCUT2D eigenvalue weighted by Crippen LogP contribution is -2.43. The third-order valence-electron chi connectivity index (χ3n) is 4.42. The van der Waals surface area contributed by atoms with Crippen molar-refractivity contribution >= 4 is 17.9 Å². The van der Waals surface area contributed by atoms with Gasteiger partial charge in [-0.3, -0.25) is 14.5 Å². The number of nitriles is 1. The number of amides is 2. The number of methoxy groups -OCH3 is 1. The van der Waals surface area contributed by atoms with Crippen LogP contribution in [0, 0.1) is 11.3 Å². The zero-order valence-electron chi connectivity index (χ0n) is 16.4. The molecule has 0 atom stereocenters. The van der Waals surface area contributed by atoms with Crippen LogP contribution in [0.1, 0.15) is 32.3 Å². The van der Waals surface area contributed by atoms with Gasteiger partial charge in [0.15, 0.2) is 11.5 Å². The Morgan fingerprint density at radius 2 is 2.00 bits per heavy atom. The van der Waals surface area contributed by atoms with Gasteiger partial charge >= 0.3 is 0 Å². The molecule has 0 fully saturated rings. The molecule has 0 aromatic heterocycles. The predicted octanol–water partition coefficient (Wildman–Crippen LogP) is 3.65. The molecule has 0 radical (unpaired) electrons. The third kappa shape index (κ3) is 4.32. The van der Waals surface area contributed by atoms with E-state index in [2.05, 4.69) is 6.58 Å². The summed E-state index contributed by atoms with van der Waals surface area (Å²) in [5.41, 5.74) is 1.41. The van der Waals surface area contributed by atoms with Crippen LogP contribution in [-0.2, 0) is 9.59 Å². The van der Waals surface area contributed by atoms with Gasteiger partial charge in [-0.1, -0.05) is 32.1 Å². The zero-order chi connectivity index (χ0) is 20.7. The average molecular weight is 380 g/mol. The van der Waals surface area contributed by atoms with Gasteiger partial charge in [0.05, 0.1) is 7.11 Å². The number of ether oxygens (including phenoxy) is 2. The molecule has 0 saturated carbocycles. The minimum atomic E-state index is -0.527. The number of rotatable bonds is 8. The van der Waals surface area contributed by atoms with E-state index in [1.807, 2.05) is 13.0 Å². The van der Waals surface area contributed by atoms with Crippen LogP contribution in [0.25, 0.3) is 6.08 Å². The van der Waals surface area contributed by atoms with Crippen LogP contribution in [0.15, 0.2) is 47.6 Å². The van der Waals surface area contributed by atoms with E-state index in [1.54, 1.807) is 37.3 Å². The standard InChI is InChI=1S/C22H24N2O4/c1-5-7-10-24-21(25)17(15(3)18(14-23)22(24)26)12-16-8-9-19(28-11-6-2)20(13-16)27-4/h6,8-9,12-13H,2,5,7,10-11H2,1,3-4H3/b17-12+. The van der Waals surface area contributed by atoms with Crippen molar-refractivity contribution in [2.45, 2.75) is 26.7 Å². The summed E-state index contributed by atoms with van der Waals surface area (Å²) >= 11 is 0. The van der Waals surface area contributed by atoms with E-state index in [1.165, 1.54) is 7.11 Å². The second-order valence-electron chi connectivity index (χ2n) is 6.30. The lowest BCUT2D eigenvalue weighted by Gasteiger charge is -2.27. The molecule has 0 spiro atoms. The normalized spacial score (nSPS) is 15.6. The highest BCUT2D eigenvalue weighted by atomic mass is 16.5. The number of hydrogen-bond acceptors (Lipinski definition) is 5. The van der Waals surface area contributed by atoms with E-state index in [0.717, 1.165) is 11.3 Å². The first-order valence-electron chi connectivity index (χ1n) is 9.09. The van der Waals surface area contributed by atoms with Crippen LogP contribution in [-0.4, -0.2) is 37.0 Å². The molecule has 1 heterocycles. The maximum Gasteiger partial charge on any atom is 0.271 e. The van der Waals surface area contributed by atoms with Gasteiger partial charge < -0.3 is 9.47 Å². The van der Waals surface area contributed by atoms with E-state index in [0.29, 0.717) is 47.8 Å². The molecular weight excluding hydrogens is 356 g/mol. The molecule has 1 aromatic carbocycles.